The molecule has 8 nitrogen and oxygen atoms in total. The Morgan fingerprint density at radius 1 is 1.03 bits per heavy atom. The smallest absolute Gasteiger partial charge is 0.313 e. The van der Waals surface area contributed by atoms with Crippen molar-refractivity contribution in [3.8, 4) is 5.69 Å². The van der Waals surface area contributed by atoms with Gasteiger partial charge in [0.2, 0.25) is 5.16 Å². The quantitative estimate of drug-likeness (QED) is 0.331. The van der Waals surface area contributed by atoms with Crippen molar-refractivity contribution in [2.75, 3.05) is 12.3 Å². The second kappa shape index (κ2) is 9.92. The Bertz CT molecular complexity index is 1170. The van der Waals surface area contributed by atoms with E-state index >= 15 is 0 Å². The highest BCUT2D eigenvalue weighted by molar-refractivity contribution is 7.99. The maximum absolute atomic E-state index is 12.0. The molecule has 0 aliphatic carbocycles. The maximum Gasteiger partial charge on any atom is 0.328 e. The monoisotopic (exact) mass is 445 g/mol. The third-order valence-corrected chi connectivity index (χ3v) is 5.84. The van der Waals surface area contributed by atoms with Gasteiger partial charge in [0.15, 0.2) is 0 Å². The number of hydrogen-bond donors (Lipinski definition) is 1. The molecule has 1 N–H and O–H groups in total. The van der Waals surface area contributed by atoms with Gasteiger partial charge >= 0.3 is 5.69 Å². The van der Waals surface area contributed by atoms with Crippen molar-refractivity contribution < 1.29 is 0 Å². The van der Waals surface area contributed by atoms with Crippen LogP contribution < -0.4 is 11.0 Å². The van der Waals surface area contributed by atoms with Gasteiger partial charge < -0.3 is 5.32 Å². The Balaban J connectivity index is 0.00000256. The third-order valence-electron chi connectivity index (χ3n) is 4.84. The van der Waals surface area contributed by atoms with Crippen LogP contribution in [0.1, 0.15) is 12.0 Å². The normalized spacial score (nSPS) is 11.0. The van der Waals surface area contributed by atoms with Gasteiger partial charge in [-0.2, -0.15) is 4.68 Å². The summed E-state index contributed by atoms with van der Waals surface area (Å²) in [6.07, 6.45) is 0.998. The highest BCUT2D eigenvalue weighted by Crippen LogP contribution is 2.18. The predicted octanol–water partition coefficient (Wildman–Crippen LogP) is 2.55. The summed E-state index contributed by atoms with van der Waals surface area (Å²) in [5, 5.41) is 16.3. The molecule has 0 aliphatic heterocycles. The Hall–Kier alpha value is -2.62. The third kappa shape index (κ3) is 4.58. The molecule has 0 radical (unpaired) electrons. The summed E-state index contributed by atoms with van der Waals surface area (Å²) in [5.41, 5.74) is 4.04. The maximum atomic E-state index is 12.0. The molecule has 2 aromatic heterocycles. The number of benzene rings is 2. The van der Waals surface area contributed by atoms with Crippen molar-refractivity contribution >= 4 is 35.2 Å². The van der Waals surface area contributed by atoms with Crippen LogP contribution in [0.15, 0.2) is 58.5 Å². The lowest BCUT2D eigenvalue weighted by Crippen LogP contribution is -2.19. The highest BCUT2D eigenvalue weighted by atomic mass is 35.5. The van der Waals surface area contributed by atoms with Crippen molar-refractivity contribution in [3.63, 3.8) is 0 Å². The van der Waals surface area contributed by atoms with Crippen molar-refractivity contribution in [1.82, 2.24) is 34.7 Å². The molecule has 0 fully saturated rings. The Morgan fingerprint density at radius 2 is 1.80 bits per heavy atom. The lowest BCUT2D eigenvalue weighted by atomic mass is 10.2. The van der Waals surface area contributed by atoms with Crippen LogP contribution in [0.3, 0.4) is 0 Å². The molecule has 4 rings (SSSR count). The van der Waals surface area contributed by atoms with Gasteiger partial charge in [-0.25, -0.2) is 4.79 Å². The molecule has 0 bridgehead atoms. The summed E-state index contributed by atoms with van der Waals surface area (Å²) in [7, 11) is 3.61. The van der Waals surface area contributed by atoms with E-state index in [0.717, 1.165) is 47.1 Å². The fourth-order valence-corrected chi connectivity index (χ4v) is 4.09. The van der Waals surface area contributed by atoms with Crippen LogP contribution in [0.4, 0.5) is 0 Å². The molecular formula is C20H24ClN7OS. The van der Waals surface area contributed by atoms with Crippen molar-refractivity contribution in [2.45, 2.75) is 18.1 Å². The van der Waals surface area contributed by atoms with Gasteiger partial charge in [0.25, 0.3) is 0 Å². The number of rotatable bonds is 8. The first-order valence-electron chi connectivity index (χ1n) is 9.47. The molecule has 0 atom stereocenters. The molecule has 30 heavy (non-hydrogen) atoms. The zero-order chi connectivity index (χ0) is 20.2. The van der Waals surface area contributed by atoms with Gasteiger partial charge in [0, 0.05) is 26.4 Å². The predicted molar refractivity (Wildman–Crippen MR) is 122 cm³/mol. The number of hydrogen-bond acceptors (Lipinski definition) is 6. The van der Waals surface area contributed by atoms with Crippen LogP contribution in [0.25, 0.3) is 16.7 Å². The molecule has 0 spiro atoms. The number of nitrogens with one attached hydrogen (secondary N) is 1. The summed E-state index contributed by atoms with van der Waals surface area (Å²) < 4.78 is 5.12. The fourth-order valence-electron chi connectivity index (χ4n) is 3.26. The zero-order valence-electron chi connectivity index (χ0n) is 16.9. The van der Waals surface area contributed by atoms with E-state index < -0.39 is 0 Å². The van der Waals surface area contributed by atoms with Gasteiger partial charge in [-0.05, 0) is 53.2 Å². The van der Waals surface area contributed by atoms with Crippen LogP contribution >= 0.6 is 24.2 Å². The van der Waals surface area contributed by atoms with E-state index in [1.165, 1.54) is 5.56 Å². The average molecular weight is 446 g/mol. The minimum atomic E-state index is -0.0000215. The topological polar surface area (TPSA) is 82.6 Å². The van der Waals surface area contributed by atoms with Crippen molar-refractivity contribution in [2.24, 2.45) is 14.1 Å². The molecule has 0 saturated carbocycles. The molecule has 0 unspecified atom stereocenters. The summed E-state index contributed by atoms with van der Waals surface area (Å²) in [6, 6.07) is 16.0. The molecule has 0 aliphatic rings. The fraction of sp³-hybridized carbons (Fsp3) is 0.300. The van der Waals surface area contributed by atoms with Crippen molar-refractivity contribution in [1.29, 1.82) is 0 Å². The second-order valence-electron chi connectivity index (χ2n) is 6.81. The standard InChI is InChI=1S/C20H23N7OS.ClH/c1-25-17-10-9-15(13-18(17)26(2)20(25)28)14-21-11-6-12-29-19-22-23-24-27(19)16-7-4-3-5-8-16;/h3-5,7-10,13,21H,6,11-12,14H2,1-2H3;1H. The molecule has 2 heterocycles. The molecule has 4 aromatic rings. The molecule has 2 aromatic carbocycles. The lowest BCUT2D eigenvalue weighted by Gasteiger charge is -2.06. The zero-order valence-corrected chi connectivity index (χ0v) is 18.5. The minimum absolute atomic E-state index is 0. The van der Waals surface area contributed by atoms with E-state index in [-0.39, 0.29) is 18.1 Å². The summed E-state index contributed by atoms with van der Waals surface area (Å²) in [4.78, 5) is 12.0. The van der Waals surface area contributed by atoms with Crippen LogP contribution in [0.5, 0.6) is 0 Å². The Kier molecular flexibility index (Phi) is 7.30. The number of aryl methyl sites for hydroxylation is 2. The van der Waals surface area contributed by atoms with E-state index in [9.17, 15) is 4.79 Å². The van der Waals surface area contributed by atoms with E-state index in [4.69, 9.17) is 0 Å². The minimum Gasteiger partial charge on any atom is -0.313 e. The molecule has 158 valence electrons. The number of aromatic nitrogens is 6. The first-order valence-corrected chi connectivity index (χ1v) is 10.5. The van der Waals surface area contributed by atoms with Crippen LogP contribution in [-0.2, 0) is 20.6 Å². The number of halogens is 1. The number of fused-ring (bicyclic) bond motifs is 1. The van der Waals surface area contributed by atoms with Crippen LogP contribution in [0.2, 0.25) is 0 Å². The molecule has 10 heteroatoms. The van der Waals surface area contributed by atoms with Crippen LogP contribution in [0, 0.1) is 0 Å². The number of tetrazole rings is 1. The van der Waals surface area contributed by atoms with Gasteiger partial charge in [0.05, 0.1) is 16.7 Å². The first-order chi connectivity index (χ1) is 14.1. The molecule has 0 saturated heterocycles. The van der Waals surface area contributed by atoms with Crippen LogP contribution in [-0.4, -0.2) is 41.6 Å². The summed E-state index contributed by atoms with van der Waals surface area (Å²) in [6.45, 7) is 1.66. The lowest BCUT2D eigenvalue weighted by molar-refractivity contribution is 0.678. The van der Waals surface area contributed by atoms with Gasteiger partial charge in [0.1, 0.15) is 0 Å². The van der Waals surface area contributed by atoms with E-state index in [1.807, 2.05) is 43.4 Å². The number of imidazole rings is 1. The van der Waals surface area contributed by atoms with Gasteiger partial charge in [-0.3, -0.25) is 9.13 Å². The summed E-state index contributed by atoms with van der Waals surface area (Å²) >= 11 is 1.65. The Labute approximate surface area is 184 Å². The first kappa shape index (κ1) is 22.1. The second-order valence-corrected chi connectivity index (χ2v) is 7.87. The van der Waals surface area contributed by atoms with E-state index in [0.29, 0.717) is 0 Å². The molecular weight excluding hydrogens is 422 g/mol. The van der Waals surface area contributed by atoms with Gasteiger partial charge in [-0.1, -0.05) is 36.0 Å². The number of thioether (sulfide) groups is 1. The average Bonchev–Trinajstić information content (AvgIpc) is 3.30. The Morgan fingerprint density at radius 3 is 2.60 bits per heavy atom. The highest BCUT2D eigenvalue weighted by Gasteiger charge is 2.09. The molecule has 0 amide bonds. The number of para-hydroxylation sites is 1. The van der Waals surface area contributed by atoms with E-state index in [2.05, 4.69) is 33.0 Å². The number of nitrogens with zero attached hydrogens (tertiary/aromatic N) is 6. The van der Waals surface area contributed by atoms with Crippen molar-refractivity contribution in [3.05, 3.63) is 64.6 Å². The SMILES string of the molecule is Cl.Cn1c(=O)n(C)c2cc(CNCCCSc3nnnn3-c3ccccc3)ccc21. The van der Waals surface area contributed by atoms with Gasteiger partial charge in [-0.15, -0.1) is 17.5 Å². The summed E-state index contributed by atoms with van der Waals surface area (Å²) in [5.74, 6) is 0.923. The van der Waals surface area contributed by atoms with E-state index in [1.54, 1.807) is 32.6 Å². The largest absolute Gasteiger partial charge is 0.328 e.